The lowest BCUT2D eigenvalue weighted by atomic mass is 10.1. The van der Waals surface area contributed by atoms with Crippen LogP contribution in [0.4, 0.5) is 20.2 Å². The number of thioether (sulfide) groups is 1. The molecule has 31 heavy (non-hydrogen) atoms. The molecule has 2 atom stereocenters. The van der Waals surface area contributed by atoms with Crippen LogP contribution in [0.1, 0.15) is 5.56 Å². The second-order valence-electron chi connectivity index (χ2n) is 7.34. The van der Waals surface area contributed by atoms with E-state index in [4.69, 9.17) is 11.6 Å². The molecule has 0 aromatic heterocycles. The molecule has 11 heteroatoms. The molecule has 6 nitrogen and oxygen atoms in total. The van der Waals surface area contributed by atoms with Gasteiger partial charge in [0.1, 0.15) is 11.6 Å². The topological polar surface area (TPSA) is 78.8 Å². The molecule has 0 bridgehead atoms. The molecule has 1 fully saturated rings. The maximum absolute atomic E-state index is 14.5. The lowest BCUT2D eigenvalue weighted by molar-refractivity contribution is -0.113. The fraction of sp³-hybridized carbons (Fsp3) is 0.300. The zero-order valence-electron chi connectivity index (χ0n) is 16.3. The van der Waals surface area contributed by atoms with Gasteiger partial charge >= 0.3 is 0 Å². The normalized spacial score (nSPS) is 21.7. The summed E-state index contributed by atoms with van der Waals surface area (Å²) in [7, 11) is -3.32. The first-order chi connectivity index (χ1) is 14.6. The van der Waals surface area contributed by atoms with Crippen molar-refractivity contribution in [2.24, 2.45) is 4.99 Å². The number of amidine groups is 1. The van der Waals surface area contributed by atoms with Gasteiger partial charge in [-0.05, 0) is 36.8 Å². The number of halogens is 3. The number of rotatable bonds is 4. The molecule has 2 aliphatic rings. The van der Waals surface area contributed by atoms with Crippen LogP contribution < -0.4 is 10.2 Å². The third kappa shape index (κ3) is 4.56. The van der Waals surface area contributed by atoms with Crippen molar-refractivity contribution in [3.8, 4) is 0 Å². The molecule has 0 radical (unpaired) electrons. The van der Waals surface area contributed by atoms with E-state index in [0.29, 0.717) is 15.9 Å². The molecular weight excluding hydrogens is 468 g/mol. The van der Waals surface area contributed by atoms with Gasteiger partial charge in [-0.25, -0.2) is 17.2 Å². The number of carbonyl (C=O) groups excluding carboxylic acids is 1. The summed E-state index contributed by atoms with van der Waals surface area (Å²) < 4.78 is 52.0. The van der Waals surface area contributed by atoms with Crippen LogP contribution >= 0.6 is 23.4 Å². The van der Waals surface area contributed by atoms with E-state index in [1.54, 1.807) is 25.1 Å². The predicted octanol–water partition coefficient (Wildman–Crippen LogP) is 3.64. The first-order valence-corrected chi connectivity index (χ1v) is 12.5. The standard InChI is InChI=1S/C20H18ClF2N3O3S2/c1-11-13(21)3-2-4-15(11)24-19(27)8-30-20-25-16-9-31(28,29)10-18(16)26(20)17-6-5-12(22)7-14(17)23/h2-7,16,18H,8-10H2,1H3,(H,24,27)/t16-,18+/m0/s1. The van der Waals surface area contributed by atoms with Crippen molar-refractivity contribution >= 4 is 55.6 Å². The lowest BCUT2D eigenvalue weighted by Gasteiger charge is -2.26. The largest absolute Gasteiger partial charge is 0.325 e. The molecule has 164 valence electrons. The Hall–Kier alpha value is -2.17. The molecule has 2 aromatic rings. The van der Waals surface area contributed by atoms with E-state index in [9.17, 15) is 22.0 Å². The van der Waals surface area contributed by atoms with Gasteiger partial charge in [-0.15, -0.1) is 0 Å². The van der Waals surface area contributed by atoms with Crippen molar-refractivity contribution in [3.63, 3.8) is 0 Å². The number of hydrogen-bond donors (Lipinski definition) is 1. The first kappa shape index (κ1) is 22.0. The van der Waals surface area contributed by atoms with Crippen LogP contribution in [-0.4, -0.2) is 48.8 Å². The smallest absolute Gasteiger partial charge is 0.234 e. The minimum absolute atomic E-state index is 0.0309. The number of sulfone groups is 1. The molecule has 1 saturated heterocycles. The van der Waals surface area contributed by atoms with Crippen LogP contribution in [0.5, 0.6) is 0 Å². The molecule has 2 aromatic carbocycles. The van der Waals surface area contributed by atoms with E-state index in [2.05, 4.69) is 10.3 Å². The zero-order chi connectivity index (χ0) is 22.3. The van der Waals surface area contributed by atoms with Crippen molar-refractivity contribution in [2.75, 3.05) is 27.5 Å². The maximum atomic E-state index is 14.5. The molecule has 0 spiro atoms. The summed E-state index contributed by atoms with van der Waals surface area (Å²) in [6.07, 6.45) is 0. The summed E-state index contributed by atoms with van der Waals surface area (Å²) in [5.74, 6) is -2.24. The molecule has 1 N–H and O–H groups in total. The van der Waals surface area contributed by atoms with Crippen molar-refractivity contribution < 1.29 is 22.0 Å². The maximum Gasteiger partial charge on any atom is 0.234 e. The fourth-order valence-corrected chi connectivity index (χ4v) is 6.59. The Kier molecular flexibility index (Phi) is 5.97. The highest BCUT2D eigenvalue weighted by Crippen LogP contribution is 2.36. The number of aliphatic imine (C=N–C) groups is 1. The Morgan fingerprint density at radius 1 is 1.29 bits per heavy atom. The summed E-state index contributed by atoms with van der Waals surface area (Å²) in [4.78, 5) is 18.4. The van der Waals surface area contributed by atoms with Crippen LogP contribution in [-0.2, 0) is 14.6 Å². The van der Waals surface area contributed by atoms with Crippen LogP contribution in [0.3, 0.4) is 0 Å². The van der Waals surface area contributed by atoms with Gasteiger partial charge in [0.05, 0.1) is 35.0 Å². The molecular formula is C20H18ClF2N3O3S2. The molecule has 0 unspecified atom stereocenters. The van der Waals surface area contributed by atoms with Gasteiger partial charge < -0.3 is 10.2 Å². The van der Waals surface area contributed by atoms with E-state index in [-0.39, 0.29) is 28.9 Å². The Labute approximate surface area is 187 Å². The van der Waals surface area contributed by atoms with Gasteiger partial charge in [0.25, 0.3) is 0 Å². The van der Waals surface area contributed by atoms with Gasteiger partial charge in [0, 0.05) is 16.8 Å². The van der Waals surface area contributed by atoms with Crippen LogP contribution in [0, 0.1) is 18.6 Å². The predicted molar refractivity (Wildman–Crippen MR) is 120 cm³/mol. The summed E-state index contributed by atoms with van der Waals surface area (Å²) in [5.41, 5.74) is 1.34. The fourth-order valence-electron chi connectivity index (χ4n) is 3.65. The lowest BCUT2D eigenvalue weighted by Crippen LogP contribution is -2.40. The number of nitrogens with one attached hydrogen (secondary N) is 1. The minimum Gasteiger partial charge on any atom is -0.325 e. The van der Waals surface area contributed by atoms with E-state index in [1.165, 1.54) is 11.0 Å². The van der Waals surface area contributed by atoms with Crippen molar-refractivity contribution in [1.29, 1.82) is 0 Å². The van der Waals surface area contributed by atoms with Gasteiger partial charge in [0.15, 0.2) is 15.0 Å². The van der Waals surface area contributed by atoms with Crippen molar-refractivity contribution in [3.05, 3.63) is 58.6 Å². The summed E-state index contributed by atoms with van der Waals surface area (Å²) in [5, 5.41) is 3.63. The SMILES string of the molecule is Cc1c(Cl)cccc1NC(=O)CSC1=N[C@H]2CS(=O)(=O)C[C@H]2N1c1ccc(F)cc1F. The number of amides is 1. The van der Waals surface area contributed by atoms with Gasteiger partial charge in [-0.3, -0.25) is 9.79 Å². The highest BCUT2D eigenvalue weighted by molar-refractivity contribution is 8.14. The van der Waals surface area contributed by atoms with Gasteiger partial charge in [-0.2, -0.15) is 0 Å². The summed E-state index contributed by atoms with van der Waals surface area (Å²) in [6.45, 7) is 1.78. The van der Waals surface area contributed by atoms with E-state index in [0.717, 1.165) is 29.5 Å². The van der Waals surface area contributed by atoms with E-state index < -0.39 is 33.6 Å². The minimum atomic E-state index is -3.32. The quantitative estimate of drug-likeness (QED) is 0.715. The van der Waals surface area contributed by atoms with Gasteiger partial charge in [0.2, 0.25) is 5.91 Å². The Morgan fingerprint density at radius 3 is 2.81 bits per heavy atom. The van der Waals surface area contributed by atoms with Crippen molar-refractivity contribution in [1.82, 2.24) is 0 Å². The van der Waals surface area contributed by atoms with E-state index >= 15 is 0 Å². The van der Waals surface area contributed by atoms with Crippen LogP contribution in [0.25, 0.3) is 0 Å². The number of fused-ring (bicyclic) bond motifs is 1. The second-order valence-corrected chi connectivity index (χ2v) is 10.8. The molecule has 4 rings (SSSR count). The molecule has 2 aliphatic heterocycles. The number of anilines is 2. The number of hydrogen-bond acceptors (Lipinski definition) is 6. The number of nitrogens with zero attached hydrogens (tertiary/aromatic N) is 2. The monoisotopic (exact) mass is 485 g/mol. The number of benzene rings is 2. The highest BCUT2D eigenvalue weighted by atomic mass is 35.5. The summed E-state index contributed by atoms with van der Waals surface area (Å²) in [6, 6.07) is 7.11. The average Bonchev–Trinajstić information content (AvgIpc) is 3.15. The second kappa shape index (κ2) is 8.40. The molecule has 0 aliphatic carbocycles. The highest BCUT2D eigenvalue weighted by Gasteiger charge is 2.47. The first-order valence-electron chi connectivity index (χ1n) is 9.35. The molecule has 2 heterocycles. The summed E-state index contributed by atoms with van der Waals surface area (Å²) >= 11 is 7.14. The Balaban J connectivity index is 1.54. The third-order valence-corrected chi connectivity index (χ3v) is 8.23. The van der Waals surface area contributed by atoms with E-state index in [1.807, 2.05) is 0 Å². The average molecular weight is 486 g/mol. The zero-order valence-corrected chi connectivity index (χ0v) is 18.7. The Bertz CT molecular complexity index is 1190. The Morgan fingerprint density at radius 2 is 2.06 bits per heavy atom. The van der Waals surface area contributed by atoms with Crippen molar-refractivity contribution in [2.45, 2.75) is 19.0 Å². The number of carbonyl (C=O) groups is 1. The van der Waals surface area contributed by atoms with Crippen LogP contribution in [0.2, 0.25) is 5.02 Å². The van der Waals surface area contributed by atoms with Gasteiger partial charge in [-0.1, -0.05) is 29.4 Å². The van der Waals surface area contributed by atoms with Crippen LogP contribution in [0.15, 0.2) is 41.4 Å². The molecule has 0 saturated carbocycles. The molecule has 1 amide bonds. The third-order valence-electron chi connectivity index (χ3n) is 5.15.